The number of carbonyl (C=O) groups excluding carboxylic acids is 2. The van der Waals surface area contributed by atoms with E-state index >= 15 is 0 Å². The summed E-state index contributed by atoms with van der Waals surface area (Å²) < 4.78 is 4.46. The third-order valence-corrected chi connectivity index (χ3v) is 3.00. The summed E-state index contributed by atoms with van der Waals surface area (Å²) in [5.74, 6) is -1.34. The van der Waals surface area contributed by atoms with Gasteiger partial charge < -0.3 is 9.64 Å². The molecule has 1 aliphatic heterocycles. The van der Waals surface area contributed by atoms with Crippen LogP contribution in [0.3, 0.4) is 0 Å². The number of benzene rings is 1. The van der Waals surface area contributed by atoms with E-state index in [1.807, 2.05) is 18.2 Å². The summed E-state index contributed by atoms with van der Waals surface area (Å²) in [5.41, 5.74) is 2.37. The van der Waals surface area contributed by atoms with Gasteiger partial charge in [-0.2, -0.15) is 0 Å². The van der Waals surface area contributed by atoms with Crippen LogP contribution in [0.1, 0.15) is 17.5 Å². The van der Waals surface area contributed by atoms with Crippen LogP contribution < -0.4 is 0 Å². The van der Waals surface area contributed by atoms with Gasteiger partial charge in [-0.05, 0) is 24.0 Å². The fourth-order valence-corrected chi connectivity index (χ4v) is 2.09. The summed E-state index contributed by atoms with van der Waals surface area (Å²) in [4.78, 5) is 24.5. The van der Waals surface area contributed by atoms with Crippen molar-refractivity contribution in [2.45, 2.75) is 19.4 Å². The van der Waals surface area contributed by atoms with Crippen LogP contribution in [0.5, 0.6) is 0 Å². The SMILES string of the molecule is COC(=O)C(=O)N1CCCc2ccccc2C1. The summed E-state index contributed by atoms with van der Waals surface area (Å²) in [6, 6.07) is 8.02. The number of esters is 1. The molecule has 0 spiro atoms. The Labute approximate surface area is 100 Å². The molecule has 0 unspecified atom stereocenters. The van der Waals surface area contributed by atoms with E-state index in [0.717, 1.165) is 18.4 Å². The van der Waals surface area contributed by atoms with Crippen LogP contribution in [-0.4, -0.2) is 30.4 Å². The quantitative estimate of drug-likeness (QED) is 0.498. The highest BCUT2D eigenvalue weighted by Gasteiger charge is 2.24. The number of hydrogen-bond donors (Lipinski definition) is 0. The number of ether oxygens (including phenoxy) is 1. The normalized spacial score (nSPS) is 14.8. The largest absolute Gasteiger partial charge is 0.462 e. The predicted octanol–water partition coefficient (Wildman–Crippen LogP) is 1.13. The second-order valence-corrected chi connectivity index (χ2v) is 4.09. The van der Waals surface area contributed by atoms with E-state index < -0.39 is 11.9 Å². The lowest BCUT2D eigenvalue weighted by Gasteiger charge is -2.19. The third kappa shape index (κ3) is 2.46. The van der Waals surface area contributed by atoms with E-state index in [1.54, 1.807) is 4.90 Å². The highest BCUT2D eigenvalue weighted by Crippen LogP contribution is 2.18. The van der Waals surface area contributed by atoms with E-state index in [9.17, 15) is 9.59 Å². The fraction of sp³-hybridized carbons (Fsp3) is 0.385. The van der Waals surface area contributed by atoms with Crippen molar-refractivity contribution in [2.24, 2.45) is 0 Å². The monoisotopic (exact) mass is 233 g/mol. The Morgan fingerprint density at radius 2 is 1.94 bits per heavy atom. The second kappa shape index (κ2) is 4.99. The lowest BCUT2D eigenvalue weighted by molar-refractivity contribution is -0.158. The molecule has 0 saturated carbocycles. The minimum atomic E-state index is -0.788. The van der Waals surface area contributed by atoms with E-state index in [-0.39, 0.29) is 0 Å². The molecule has 1 aromatic rings. The van der Waals surface area contributed by atoms with Gasteiger partial charge in [-0.1, -0.05) is 24.3 Å². The molecule has 4 nitrogen and oxygen atoms in total. The smallest absolute Gasteiger partial charge is 0.396 e. The summed E-state index contributed by atoms with van der Waals surface area (Å²) in [6.45, 7) is 1.09. The number of rotatable bonds is 0. The zero-order valence-corrected chi connectivity index (χ0v) is 9.81. The first-order valence-electron chi connectivity index (χ1n) is 5.66. The van der Waals surface area contributed by atoms with Crippen molar-refractivity contribution in [1.29, 1.82) is 0 Å². The number of nitrogens with zero attached hydrogens (tertiary/aromatic N) is 1. The summed E-state index contributed by atoms with van der Waals surface area (Å²) in [7, 11) is 1.23. The fourth-order valence-electron chi connectivity index (χ4n) is 2.09. The molecule has 1 aromatic carbocycles. The van der Waals surface area contributed by atoms with Gasteiger partial charge in [-0.25, -0.2) is 4.79 Å². The number of methoxy groups -OCH3 is 1. The molecule has 90 valence electrons. The van der Waals surface area contributed by atoms with Gasteiger partial charge in [-0.3, -0.25) is 4.79 Å². The zero-order valence-electron chi connectivity index (χ0n) is 9.81. The summed E-state index contributed by atoms with van der Waals surface area (Å²) in [5, 5.41) is 0. The van der Waals surface area contributed by atoms with Gasteiger partial charge in [0.2, 0.25) is 0 Å². The molecule has 0 saturated heterocycles. The first-order valence-corrected chi connectivity index (χ1v) is 5.66. The Bertz CT molecular complexity index is 442. The van der Waals surface area contributed by atoms with E-state index in [4.69, 9.17) is 0 Å². The number of aryl methyl sites for hydroxylation is 1. The average Bonchev–Trinajstić information content (AvgIpc) is 2.58. The molecule has 4 heteroatoms. The van der Waals surface area contributed by atoms with Gasteiger partial charge in [-0.15, -0.1) is 0 Å². The van der Waals surface area contributed by atoms with Crippen LogP contribution >= 0.6 is 0 Å². The molecule has 0 atom stereocenters. The van der Waals surface area contributed by atoms with Crippen molar-refractivity contribution >= 4 is 11.9 Å². The molecule has 0 radical (unpaired) electrons. The molecule has 17 heavy (non-hydrogen) atoms. The number of carbonyl (C=O) groups is 2. The van der Waals surface area contributed by atoms with Crippen molar-refractivity contribution in [3.05, 3.63) is 35.4 Å². The summed E-state index contributed by atoms with van der Waals surface area (Å²) >= 11 is 0. The molecule has 0 fully saturated rings. The third-order valence-electron chi connectivity index (χ3n) is 3.00. The highest BCUT2D eigenvalue weighted by molar-refractivity contribution is 6.32. The van der Waals surface area contributed by atoms with Crippen LogP contribution in [0.25, 0.3) is 0 Å². The first-order chi connectivity index (χ1) is 8.22. The van der Waals surface area contributed by atoms with Crippen molar-refractivity contribution in [3.8, 4) is 0 Å². The molecule has 0 bridgehead atoms. The molecular formula is C13H15NO3. The molecule has 2 rings (SSSR count). The van der Waals surface area contributed by atoms with Crippen LogP contribution in [0.2, 0.25) is 0 Å². The minimum absolute atomic E-state index is 0.490. The highest BCUT2D eigenvalue weighted by atomic mass is 16.5. The molecule has 1 amide bonds. The maximum absolute atomic E-state index is 11.7. The maximum atomic E-state index is 11.7. The predicted molar refractivity (Wildman–Crippen MR) is 62.2 cm³/mol. The van der Waals surface area contributed by atoms with Gasteiger partial charge in [0.15, 0.2) is 0 Å². The molecule has 0 aromatic heterocycles. The first kappa shape index (κ1) is 11.6. The van der Waals surface area contributed by atoms with Gasteiger partial charge in [0, 0.05) is 13.1 Å². The van der Waals surface area contributed by atoms with Crippen molar-refractivity contribution in [2.75, 3.05) is 13.7 Å². The van der Waals surface area contributed by atoms with Crippen molar-refractivity contribution in [3.63, 3.8) is 0 Å². The number of hydrogen-bond acceptors (Lipinski definition) is 3. The van der Waals surface area contributed by atoms with E-state index in [1.165, 1.54) is 12.7 Å². The lowest BCUT2D eigenvalue weighted by Crippen LogP contribution is -2.36. The Morgan fingerprint density at radius 3 is 2.65 bits per heavy atom. The average molecular weight is 233 g/mol. The van der Waals surface area contributed by atoms with Gasteiger partial charge in [0.25, 0.3) is 0 Å². The van der Waals surface area contributed by atoms with Gasteiger partial charge in [0.05, 0.1) is 7.11 Å². The molecule has 0 N–H and O–H groups in total. The van der Waals surface area contributed by atoms with Gasteiger partial charge >= 0.3 is 11.9 Å². The molecular weight excluding hydrogens is 218 g/mol. The number of fused-ring (bicyclic) bond motifs is 1. The Hall–Kier alpha value is -1.84. The van der Waals surface area contributed by atoms with Crippen LogP contribution in [0, 0.1) is 0 Å². The van der Waals surface area contributed by atoms with Crippen molar-refractivity contribution < 1.29 is 14.3 Å². The minimum Gasteiger partial charge on any atom is -0.462 e. The van der Waals surface area contributed by atoms with Crippen LogP contribution in [0.15, 0.2) is 24.3 Å². The van der Waals surface area contributed by atoms with Crippen molar-refractivity contribution in [1.82, 2.24) is 4.90 Å². The molecule has 1 aliphatic rings. The topological polar surface area (TPSA) is 46.6 Å². The Morgan fingerprint density at radius 1 is 1.24 bits per heavy atom. The van der Waals surface area contributed by atoms with Gasteiger partial charge in [0.1, 0.15) is 0 Å². The molecule has 1 heterocycles. The second-order valence-electron chi connectivity index (χ2n) is 4.09. The van der Waals surface area contributed by atoms with E-state index in [0.29, 0.717) is 13.1 Å². The summed E-state index contributed by atoms with van der Waals surface area (Å²) in [6.07, 6.45) is 1.82. The Kier molecular flexibility index (Phi) is 3.42. The van der Waals surface area contributed by atoms with Crippen LogP contribution in [-0.2, 0) is 27.3 Å². The Balaban J connectivity index is 2.18. The zero-order chi connectivity index (χ0) is 12.3. The maximum Gasteiger partial charge on any atom is 0.396 e. The standard InChI is InChI=1S/C13H15NO3/c1-17-13(16)12(15)14-8-4-7-10-5-2-3-6-11(10)9-14/h2-3,5-6H,4,7-9H2,1H3. The van der Waals surface area contributed by atoms with Crippen LogP contribution in [0.4, 0.5) is 0 Å². The molecule has 0 aliphatic carbocycles. The number of amides is 1. The van der Waals surface area contributed by atoms with E-state index in [2.05, 4.69) is 10.8 Å². The lowest BCUT2D eigenvalue weighted by atomic mass is 10.0.